The van der Waals surface area contributed by atoms with E-state index in [1.807, 2.05) is 50.2 Å². The van der Waals surface area contributed by atoms with Crippen LogP contribution in [-0.4, -0.2) is 54.3 Å². The van der Waals surface area contributed by atoms with Crippen molar-refractivity contribution < 1.29 is 9.84 Å². The van der Waals surface area contributed by atoms with Gasteiger partial charge in [-0.15, -0.1) is 11.8 Å². The van der Waals surface area contributed by atoms with Gasteiger partial charge < -0.3 is 14.7 Å². The summed E-state index contributed by atoms with van der Waals surface area (Å²) in [4.78, 5) is 7.66. The molecule has 0 radical (unpaired) electrons. The van der Waals surface area contributed by atoms with E-state index in [4.69, 9.17) is 4.74 Å². The molecule has 38 heavy (non-hydrogen) atoms. The van der Waals surface area contributed by atoms with E-state index in [1.165, 1.54) is 16.7 Å². The van der Waals surface area contributed by atoms with Gasteiger partial charge in [0.1, 0.15) is 11.8 Å². The number of rotatable bonds is 12. The molecule has 2 aromatic rings. The first-order valence-corrected chi connectivity index (χ1v) is 15.3. The van der Waals surface area contributed by atoms with Crippen LogP contribution in [0, 0.1) is 11.3 Å². The van der Waals surface area contributed by atoms with Crippen LogP contribution in [0.2, 0.25) is 0 Å². The number of nitrogens with one attached hydrogen (secondary N) is 1. The van der Waals surface area contributed by atoms with Crippen molar-refractivity contribution in [3.63, 3.8) is 0 Å². The second-order valence-corrected chi connectivity index (χ2v) is 12.0. The molecule has 6 nitrogen and oxygen atoms in total. The van der Waals surface area contributed by atoms with Crippen molar-refractivity contribution in [2.45, 2.75) is 63.5 Å². The third kappa shape index (κ3) is 7.64. The lowest BCUT2D eigenvalue weighted by Crippen LogP contribution is -2.37. The van der Waals surface area contributed by atoms with Crippen LogP contribution < -0.4 is 9.46 Å². The predicted molar refractivity (Wildman–Crippen MR) is 161 cm³/mol. The van der Waals surface area contributed by atoms with Gasteiger partial charge in [0, 0.05) is 48.3 Å². The van der Waals surface area contributed by atoms with Gasteiger partial charge in [0.25, 0.3) is 0 Å². The van der Waals surface area contributed by atoms with E-state index in [0.29, 0.717) is 17.4 Å². The van der Waals surface area contributed by atoms with Crippen molar-refractivity contribution in [1.82, 2.24) is 9.62 Å². The fourth-order valence-electron chi connectivity index (χ4n) is 5.02. The lowest BCUT2D eigenvalue weighted by atomic mass is 10.0. The molecule has 202 valence electrons. The Labute approximate surface area is 235 Å². The number of thioether (sulfide) groups is 1. The van der Waals surface area contributed by atoms with E-state index < -0.39 is 0 Å². The summed E-state index contributed by atoms with van der Waals surface area (Å²) in [6, 6.07) is 15.0. The van der Waals surface area contributed by atoms with Crippen LogP contribution in [0.4, 0.5) is 0 Å². The maximum atomic E-state index is 9.70. The van der Waals surface area contributed by atoms with Gasteiger partial charge in [0.05, 0.1) is 17.8 Å². The zero-order valence-corrected chi connectivity index (χ0v) is 24.0. The molecule has 1 unspecified atom stereocenters. The van der Waals surface area contributed by atoms with Crippen LogP contribution in [0.5, 0.6) is 5.75 Å². The summed E-state index contributed by atoms with van der Waals surface area (Å²) < 4.78 is 9.48. The average molecular weight is 551 g/mol. The van der Waals surface area contributed by atoms with Gasteiger partial charge in [-0.25, -0.2) is 0 Å². The summed E-state index contributed by atoms with van der Waals surface area (Å²) in [5.74, 6) is 2.40. The Morgan fingerprint density at radius 3 is 2.84 bits per heavy atom. The highest BCUT2D eigenvalue weighted by atomic mass is 32.2. The van der Waals surface area contributed by atoms with Crippen LogP contribution in [0.25, 0.3) is 4.91 Å². The molecule has 1 aliphatic heterocycles. The molecule has 0 spiro atoms. The highest BCUT2D eigenvalue weighted by Gasteiger charge is 2.26. The molecule has 0 amide bonds. The number of aliphatic hydroxyl groups is 1. The number of likely N-dealkylation sites (tertiary alicyclic amines) is 1. The molecule has 1 heterocycles. The first-order valence-electron chi connectivity index (χ1n) is 13.4. The number of piperidine rings is 1. The summed E-state index contributed by atoms with van der Waals surface area (Å²) in [7, 11) is 0. The summed E-state index contributed by atoms with van der Waals surface area (Å²) in [6.07, 6.45) is 5.66. The minimum atomic E-state index is -0.116. The molecule has 2 aromatic carbocycles. The molecule has 1 aliphatic carbocycles. The van der Waals surface area contributed by atoms with Crippen LogP contribution in [0.1, 0.15) is 67.0 Å². The maximum Gasteiger partial charge on any atom is 0.137 e. The Kier molecular flexibility index (Phi) is 10.7. The molecule has 1 fully saturated rings. The average Bonchev–Trinajstić information content (AvgIpc) is 3.33. The third-order valence-corrected chi connectivity index (χ3v) is 8.91. The number of aliphatic imine (C=N–C) groups is 1. The van der Waals surface area contributed by atoms with Crippen molar-refractivity contribution in [2.24, 2.45) is 4.99 Å². The van der Waals surface area contributed by atoms with Gasteiger partial charge in [0.15, 0.2) is 0 Å². The van der Waals surface area contributed by atoms with Gasteiger partial charge in [-0.05, 0) is 80.6 Å². The van der Waals surface area contributed by atoms with Crippen molar-refractivity contribution in [1.29, 1.82) is 5.26 Å². The van der Waals surface area contributed by atoms with Gasteiger partial charge in [-0.3, -0.25) is 9.71 Å². The number of nitrogens with zero attached hydrogens (tertiary/aromatic N) is 3. The number of benzene rings is 2. The van der Waals surface area contributed by atoms with Gasteiger partial charge in [0.2, 0.25) is 0 Å². The molecule has 0 bridgehead atoms. The van der Waals surface area contributed by atoms with Crippen LogP contribution >= 0.6 is 23.7 Å². The Morgan fingerprint density at radius 2 is 2.11 bits per heavy atom. The smallest absolute Gasteiger partial charge is 0.137 e. The van der Waals surface area contributed by atoms with E-state index in [9.17, 15) is 10.4 Å². The molecular formula is C30H38N4O2S2. The Balaban J connectivity index is 1.37. The van der Waals surface area contributed by atoms with Gasteiger partial charge in [-0.2, -0.15) is 5.26 Å². The molecule has 4 rings (SSSR count). The van der Waals surface area contributed by atoms with Crippen molar-refractivity contribution in [2.75, 3.05) is 25.4 Å². The SMILES string of the molecule is C=N/C=C(\SCc1ccc(OC(C)C)c(C#N)c1)c1cccc2c1CCC2NSCCN1CCC(O)CC1. The van der Waals surface area contributed by atoms with Crippen LogP contribution in [0.3, 0.4) is 0 Å². The van der Waals surface area contributed by atoms with Gasteiger partial charge >= 0.3 is 0 Å². The first-order chi connectivity index (χ1) is 18.5. The molecule has 2 N–H and O–H groups in total. The Hall–Kier alpha value is -2.28. The molecule has 1 atom stereocenters. The van der Waals surface area contributed by atoms with E-state index in [1.54, 1.807) is 11.8 Å². The van der Waals surface area contributed by atoms with E-state index >= 15 is 0 Å². The Bertz CT molecular complexity index is 1170. The number of fused-ring (bicyclic) bond motifs is 1. The van der Waals surface area contributed by atoms with Crippen molar-refractivity contribution >= 4 is 35.3 Å². The lowest BCUT2D eigenvalue weighted by molar-refractivity contribution is 0.0857. The number of hydrogen-bond donors (Lipinski definition) is 2. The minimum Gasteiger partial charge on any atom is -0.490 e. The summed E-state index contributed by atoms with van der Waals surface area (Å²) in [6.45, 7) is 10.7. The van der Waals surface area contributed by atoms with Crippen LogP contribution in [-0.2, 0) is 12.2 Å². The summed E-state index contributed by atoms with van der Waals surface area (Å²) >= 11 is 3.53. The normalized spacial score (nSPS) is 18.4. The third-order valence-electron chi connectivity index (χ3n) is 6.96. The highest BCUT2D eigenvalue weighted by molar-refractivity contribution is 8.07. The van der Waals surface area contributed by atoms with E-state index in [2.05, 4.69) is 45.6 Å². The second-order valence-electron chi connectivity index (χ2n) is 10.1. The van der Waals surface area contributed by atoms with E-state index in [0.717, 1.165) is 67.3 Å². The largest absolute Gasteiger partial charge is 0.490 e. The highest BCUT2D eigenvalue weighted by Crippen LogP contribution is 2.41. The quantitative estimate of drug-likeness (QED) is 0.192. The van der Waals surface area contributed by atoms with Crippen molar-refractivity contribution in [3.05, 3.63) is 70.4 Å². The molecule has 1 saturated heterocycles. The predicted octanol–water partition coefficient (Wildman–Crippen LogP) is 5.96. The zero-order chi connectivity index (χ0) is 26.9. The number of aliphatic hydroxyl groups excluding tert-OH is 1. The standard InChI is InChI=1S/C30H38N4O2S2/c1-21(2)36-29-10-7-22(17-23(29)18-31)20-37-30(19-32-3)27-6-4-5-26-25(27)8-9-28(26)33-38-16-15-34-13-11-24(35)12-14-34/h4-7,10,17,19,21,24,28,33,35H,3,8-9,11-16,20H2,1-2H3/b30-19-. The molecule has 0 saturated carbocycles. The maximum absolute atomic E-state index is 9.70. The molecule has 0 aromatic heterocycles. The van der Waals surface area contributed by atoms with E-state index in [-0.39, 0.29) is 12.2 Å². The summed E-state index contributed by atoms with van der Waals surface area (Å²) in [5, 5.41) is 19.3. The van der Waals surface area contributed by atoms with Gasteiger partial charge in [-0.1, -0.05) is 36.2 Å². The number of nitriles is 1. The monoisotopic (exact) mass is 550 g/mol. The fourth-order valence-corrected chi connectivity index (χ4v) is 6.94. The Morgan fingerprint density at radius 1 is 1.29 bits per heavy atom. The zero-order valence-electron chi connectivity index (χ0n) is 22.4. The summed E-state index contributed by atoms with van der Waals surface area (Å²) in [5.41, 5.74) is 5.62. The van der Waals surface area contributed by atoms with Crippen molar-refractivity contribution in [3.8, 4) is 11.8 Å². The molecule has 2 aliphatic rings. The lowest BCUT2D eigenvalue weighted by Gasteiger charge is -2.29. The minimum absolute atomic E-state index is 0.0251. The fraction of sp³-hybridized carbons (Fsp3) is 0.467. The molecule has 8 heteroatoms. The van der Waals surface area contributed by atoms with Crippen LogP contribution in [0.15, 0.2) is 47.6 Å². The second kappa shape index (κ2) is 14.2. The number of ether oxygens (including phenoxy) is 1. The topological polar surface area (TPSA) is 80.9 Å². The first kappa shape index (κ1) is 28.7. The number of hydrogen-bond acceptors (Lipinski definition) is 8. The molecular weight excluding hydrogens is 512 g/mol.